The van der Waals surface area contributed by atoms with Gasteiger partial charge in [0.1, 0.15) is 0 Å². The van der Waals surface area contributed by atoms with Crippen LogP contribution in [0, 0.1) is 0 Å². The van der Waals surface area contributed by atoms with Gasteiger partial charge in [0.25, 0.3) is 0 Å². The molecule has 3 nitrogen and oxygen atoms in total. The van der Waals surface area contributed by atoms with Gasteiger partial charge in [0.05, 0.1) is 0 Å². The second-order valence-electron chi connectivity index (χ2n) is 5.47. The number of hydrogen-bond donors (Lipinski definition) is 1. The third-order valence-corrected chi connectivity index (χ3v) is 4.24. The van der Waals surface area contributed by atoms with Crippen LogP contribution >= 0.6 is 0 Å². The standard InChI is InChI=1S/C14H19N2O.Al.2H/c1-10(16-11(2)17)7-12-3-5-13(6-4-12)14-8-15-9-14;;;/h3-6,10,14H,7-9H2,1-2H3,(H,16,17);;;/q-1;+1;;/t10-;;;/m0.../s1. The van der Waals surface area contributed by atoms with Crippen molar-refractivity contribution in [1.82, 2.24) is 9.20 Å². The van der Waals surface area contributed by atoms with Gasteiger partial charge in [0.2, 0.25) is 5.91 Å². The van der Waals surface area contributed by atoms with Crippen LogP contribution in [0.2, 0.25) is 0 Å². The first-order valence-corrected chi connectivity index (χ1v) is 7.48. The summed E-state index contributed by atoms with van der Waals surface area (Å²) in [5.41, 5.74) is 2.75. The van der Waals surface area contributed by atoms with Gasteiger partial charge >= 0.3 is 16.5 Å². The average molecular weight is 260 g/mol. The molecule has 96 valence electrons. The second-order valence-corrected chi connectivity index (χ2v) is 6.73. The van der Waals surface area contributed by atoms with Crippen molar-refractivity contribution in [2.75, 3.05) is 13.1 Å². The number of nitrogens with one attached hydrogen (secondary N) is 1. The number of benzene rings is 1. The van der Waals surface area contributed by atoms with Crippen molar-refractivity contribution >= 4 is 22.4 Å². The summed E-state index contributed by atoms with van der Waals surface area (Å²) in [6.45, 7) is 6.07. The van der Waals surface area contributed by atoms with Crippen molar-refractivity contribution < 1.29 is 4.79 Å². The van der Waals surface area contributed by atoms with Gasteiger partial charge in [0.15, 0.2) is 0 Å². The molecule has 1 amide bonds. The number of hydrogen-bond acceptors (Lipinski definition) is 2. The van der Waals surface area contributed by atoms with Gasteiger partial charge in [-0.3, -0.25) is 4.79 Å². The van der Waals surface area contributed by atoms with E-state index in [4.69, 9.17) is 0 Å². The van der Waals surface area contributed by atoms with Gasteiger partial charge in [-0.2, -0.15) is 0 Å². The normalized spacial score (nSPS) is 18.1. The molecular formula is C14H21AlN2O. The third-order valence-electron chi connectivity index (χ3n) is 3.51. The van der Waals surface area contributed by atoms with Gasteiger partial charge in [0, 0.05) is 18.9 Å². The van der Waals surface area contributed by atoms with E-state index in [1.54, 1.807) is 6.92 Å². The highest BCUT2D eigenvalue weighted by molar-refractivity contribution is 6.05. The van der Waals surface area contributed by atoms with Crippen LogP contribution in [-0.4, -0.2) is 45.4 Å². The number of carbonyl (C=O) groups is 1. The van der Waals surface area contributed by atoms with E-state index < -0.39 is 0 Å². The molecule has 0 unspecified atom stereocenters. The summed E-state index contributed by atoms with van der Waals surface area (Å²) >= 11 is 1.18. The van der Waals surface area contributed by atoms with Gasteiger partial charge < -0.3 is 9.20 Å². The Kier molecular flexibility index (Phi) is 4.45. The van der Waals surface area contributed by atoms with Crippen LogP contribution in [0.25, 0.3) is 0 Å². The first-order chi connectivity index (χ1) is 8.54. The molecule has 18 heavy (non-hydrogen) atoms. The van der Waals surface area contributed by atoms with E-state index >= 15 is 0 Å². The van der Waals surface area contributed by atoms with E-state index in [-0.39, 0.29) is 11.9 Å². The summed E-state index contributed by atoms with van der Waals surface area (Å²) in [5.74, 6) is 0.783. The van der Waals surface area contributed by atoms with Crippen LogP contribution in [0.4, 0.5) is 0 Å². The maximum Gasteiger partial charge on any atom is 0.321 e. The van der Waals surface area contributed by atoms with E-state index in [1.807, 2.05) is 6.92 Å². The first-order valence-electron chi connectivity index (χ1n) is 6.59. The Morgan fingerprint density at radius 1 is 1.44 bits per heavy atom. The predicted molar refractivity (Wildman–Crippen MR) is 76.3 cm³/mol. The zero-order valence-electron chi connectivity index (χ0n) is 11.4. The molecule has 1 fully saturated rings. The molecule has 1 atom stereocenters. The van der Waals surface area contributed by atoms with Crippen molar-refractivity contribution in [3.8, 4) is 0 Å². The highest BCUT2D eigenvalue weighted by Gasteiger charge is 2.23. The van der Waals surface area contributed by atoms with Crippen LogP contribution in [0.3, 0.4) is 0 Å². The van der Waals surface area contributed by atoms with Gasteiger partial charge in [-0.25, -0.2) is 0 Å². The van der Waals surface area contributed by atoms with Crippen molar-refractivity contribution in [2.24, 2.45) is 0 Å². The molecule has 1 heterocycles. The average Bonchev–Trinajstić information content (AvgIpc) is 2.25. The highest BCUT2D eigenvalue weighted by Crippen LogP contribution is 2.25. The zero-order valence-corrected chi connectivity index (χ0v) is 13.4. The minimum atomic E-state index is 0.0424. The summed E-state index contributed by atoms with van der Waals surface area (Å²) in [6, 6.07) is 9.09. The third kappa shape index (κ3) is 3.59. The summed E-state index contributed by atoms with van der Waals surface area (Å²) in [7, 11) is 0. The quantitative estimate of drug-likeness (QED) is 0.808. The molecule has 0 spiro atoms. The maximum absolute atomic E-state index is 11.0. The maximum atomic E-state index is 11.0. The zero-order chi connectivity index (χ0) is 13.1. The SMILES string of the molecule is CC(=O)N[C@@H](C)Cc1ccc(C2C[N]([AlH2])C2)cc1. The van der Waals surface area contributed by atoms with E-state index in [1.165, 1.54) is 40.7 Å². The molecule has 1 aliphatic rings. The largest absolute Gasteiger partial charge is 0.389 e. The minimum absolute atomic E-state index is 0.0424. The lowest BCUT2D eigenvalue weighted by Gasteiger charge is -2.38. The fraction of sp³-hybridized carbons (Fsp3) is 0.500. The van der Waals surface area contributed by atoms with Gasteiger partial charge in [-0.05, 0) is 37.6 Å². The van der Waals surface area contributed by atoms with Crippen LogP contribution in [0.15, 0.2) is 24.3 Å². The minimum Gasteiger partial charge on any atom is -0.389 e. The molecule has 0 saturated carbocycles. The summed E-state index contributed by atoms with van der Waals surface area (Å²) < 4.78 is 2.47. The number of amides is 1. The molecule has 1 aromatic rings. The molecule has 2 rings (SSSR count). The molecular weight excluding hydrogens is 239 g/mol. The fourth-order valence-electron chi connectivity index (χ4n) is 2.59. The van der Waals surface area contributed by atoms with Gasteiger partial charge in [-0.15, -0.1) is 0 Å². The highest BCUT2D eigenvalue weighted by atomic mass is 27.1. The van der Waals surface area contributed by atoms with Crippen LogP contribution in [-0.2, 0) is 11.2 Å². The Morgan fingerprint density at radius 2 is 2.06 bits per heavy atom. The summed E-state index contributed by atoms with van der Waals surface area (Å²) in [4.78, 5) is 11.0. The van der Waals surface area contributed by atoms with Crippen molar-refractivity contribution in [1.29, 1.82) is 0 Å². The molecule has 0 bridgehead atoms. The predicted octanol–water partition coefficient (Wildman–Crippen LogP) is 0.701. The molecule has 0 aromatic heterocycles. The van der Waals surface area contributed by atoms with Crippen LogP contribution < -0.4 is 5.32 Å². The van der Waals surface area contributed by atoms with E-state index in [9.17, 15) is 4.79 Å². The Morgan fingerprint density at radius 3 is 2.56 bits per heavy atom. The molecule has 1 aliphatic heterocycles. The van der Waals surface area contributed by atoms with Crippen molar-refractivity contribution in [3.05, 3.63) is 35.4 Å². The summed E-state index contributed by atoms with van der Waals surface area (Å²) in [6.07, 6.45) is 0.900. The summed E-state index contributed by atoms with van der Waals surface area (Å²) in [5, 5.41) is 2.92. The Labute approximate surface area is 117 Å². The molecule has 1 aromatic carbocycles. The monoisotopic (exact) mass is 260 g/mol. The van der Waals surface area contributed by atoms with Gasteiger partial charge in [-0.1, -0.05) is 24.3 Å². The second kappa shape index (κ2) is 5.88. The first kappa shape index (κ1) is 13.6. The fourth-order valence-corrected chi connectivity index (χ4v) is 3.47. The number of rotatable bonds is 4. The van der Waals surface area contributed by atoms with Crippen molar-refractivity contribution in [3.63, 3.8) is 0 Å². The lowest BCUT2D eigenvalue weighted by Crippen LogP contribution is -2.42. The molecule has 0 radical (unpaired) electrons. The smallest absolute Gasteiger partial charge is 0.321 e. The molecule has 0 aliphatic carbocycles. The van der Waals surface area contributed by atoms with E-state index in [0.717, 1.165) is 12.3 Å². The Balaban J connectivity index is 1.89. The van der Waals surface area contributed by atoms with E-state index in [0.29, 0.717) is 0 Å². The number of carbonyl (C=O) groups excluding carboxylic acids is 1. The lowest BCUT2D eigenvalue weighted by molar-refractivity contribution is -0.119. The topological polar surface area (TPSA) is 32.3 Å². The van der Waals surface area contributed by atoms with Crippen molar-refractivity contribution in [2.45, 2.75) is 32.2 Å². The number of nitrogens with zero attached hydrogens (tertiary/aromatic N) is 1. The van der Waals surface area contributed by atoms with Crippen LogP contribution in [0.1, 0.15) is 30.9 Å². The Bertz CT molecular complexity index is 412. The lowest BCUT2D eigenvalue weighted by atomic mass is 9.92. The molecule has 4 heteroatoms. The van der Waals surface area contributed by atoms with E-state index in [2.05, 4.69) is 33.5 Å². The van der Waals surface area contributed by atoms with Crippen LogP contribution in [0.5, 0.6) is 0 Å². The Hall–Kier alpha value is -0.818. The molecule has 1 N–H and O–H groups in total. The molecule has 1 saturated heterocycles.